The highest BCUT2D eigenvalue weighted by atomic mass is 14.2. The number of rotatable bonds is 4. The first-order valence-electron chi connectivity index (χ1n) is 3.97. The normalized spacial score (nSPS) is 12.0. The minimum Gasteiger partial charge on any atom is -0.0649 e. The Labute approximate surface area is 59.7 Å². The molecule has 1 radical (unpaired) electrons. The van der Waals surface area contributed by atoms with Gasteiger partial charge in [-0.15, -0.1) is 0 Å². The molecule has 0 rings (SSSR count). The van der Waals surface area contributed by atoms with Gasteiger partial charge in [-0.2, -0.15) is 0 Å². The predicted octanol–water partition coefficient (Wildman–Crippen LogP) is 3.43. The Morgan fingerprint density at radius 3 is 1.78 bits per heavy atom. The van der Waals surface area contributed by atoms with Crippen molar-refractivity contribution in [2.45, 2.75) is 46.5 Å². The Morgan fingerprint density at radius 2 is 1.67 bits per heavy atom. The maximum atomic E-state index is 3.87. The van der Waals surface area contributed by atoms with Crippen LogP contribution in [0.15, 0.2) is 0 Å². The fourth-order valence-corrected chi connectivity index (χ4v) is 1.03. The molecule has 0 aromatic rings. The maximum absolute atomic E-state index is 3.87. The second kappa shape index (κ2) is 3.92. The van der Waals surface area contributed by atoms with Gasteiger partial charge in [0.25, 0.3) is 0 Å². The van der Waals surface area contributed by atoms with Crippen LogP contribution in [-0.4, -0.2) is 0 Å². The highest BCUT2D eigenvalue weighted by molar-refractivity contribution is 4.70. The third-order valence-corrected chi connectivity index (χ3v) is 2.49. The van der Waals surface area contributed by atoms with Gasteiger partial charge in [-0.25, -0.2) is 0 Å². The lowest BCUT2D eigenvalue weighted by molar-refractivity contribution is 0.275. The van der Waals surface area contributed by atoms with Crippen LogP contribution < -0.4 is 0 Å². The summed E-state index contributed by atoms with van der Waals surface area (Å²) in [6.45, 7) is 10.7. The van der Waals surface area contributed by atoms with Gasteiger partial charge in [0.2, 0.25) is 0 Å². The van der Waals surface area contributed by atoms with Gasteiger partial charge in [0.05, 0.1) is 0 Å². The fourth-order valence-electron chi connectivity index (χ4n) is 1.03. The van der Waals surface area contributed by atoms with Crippen LogP contribution in [0.5, 0.6) is 0 Å². The van der Waals surface area contributed by atoms with E-state index in [9.17, 15) is 0 Å². The van der Waals surface area contributed by atoms with Crippen LogP contribution in [0.25, 0.3) is 0 Å². The van der Waals surface area contributed by atoms with Crippen molar-refractivity contribution in [3.8, 4) is 0 Å². The van der Waals surface area contributed by atoms with Crippen LogP contribution in [0.1, 0.15) is 46.5 Å². The van der Waals surface area contributed by atoms with Crippen molar-refractivity contribution >= 4 is 0 Å². The van der Waals surface area contributed by atoms with Crippen molar-refractivity contribution in [3.63, 3.8) is 0 Å². The minimum absolute atomic E-state index is 0.571. The van der Waals surface area contributed by atoms with Gasteiger partial charge < -0.3 is 0 Å². The maximum Gasteiger partial charge on any atom is -0.0331 e. The minimum atomic E-state index is 0.571. The van der Waals surface area contributed by atoms with Crippen LogP contribution in [0.3, 0.4) is 0 Å². The van der Waals surface area contributed by atoms with Gasteiger partial charge in [-0.1, -0.05) is 47.0 Å². The molecular weight excluding hydrogens is 108 g/mol. The van der Waals surface area contributed by atoms with E-state index in [4.69, 9.17) is 0 Å². The summed E-state index contributed by atoms with van der Waals surface area (Å²) in [6.07, 6.45) is 4.94. The second-order valence-electron chi connectivity index (χ2n) is 3.12. The van der Waals surface area contributed by atoms with Gasteiger partial charge in [0.1, 0.15) is 0 Å². The molecule has 0 fully saturated rings. The van der Waals surface area contributed by atoms with E-state index in [-0.39, 0.29) is 0 Å². The Hall–Kier alpha value is 0. The molecule has 0 saturated carbocycles. The molecule has 0 N–H and O–H groups in total. The molecule has 0 spiro atoms. The summed E-state index contributed by atoms with van der Waals surface area (Å²) < 4.78 is 0. The number of hydrogen-bond donors (Lipinski definition) is 0. The van der Waals surface area contributed by atoms with Crippen LogP contribution in [0.2, 0.25) is 0 Å². The molecule has 0 nitrogen and oxygen atoms in total. The molecule has 0 atom stereocenters. The smallest absolute Gasteiger partial charge is 0.0331 e. The molecule has 0 unspecified atom stereocenters. The summed E-state index contributed by atoms with van der Waals surface area (Å²) in [6, 6.07) is 0. The SMILES string of the molecule is [CH2]CCC(C)(CC)CC. The van der Waals surface area contributed by atoms with E-state index in [1.807, 2.05) is 0 Å². The molecule has 0 aromatic carbocycles. The standard InChI is InChI=1S/C9H19/c1-5-8-9(4,6-2)7-3/h1,5-8H2,2-4H3. The van der Waals surface area contributed by atoms with Crippen molar-refractivity contribution in [2.24, 2.45) is 5.41 Å². The third-order valence-electron chi connectivity index (χ3n) is 2.49. The van der Waals surface area contributed by atoms with E-state index in [1.165, 1.54) is 19.3 Å². The van der Waals surface area contributed by atoms with Gasteiger partial charge in [-0.3, -0.25) is 0 Å². The summed E-state index contributed by atoms with van der Waals surface area (Å²) in [7, 11) is 0. The molecule has 0 aliphatic carbocycles. The van der Waals surface area contributed by atoms with E-state index in [0.717, 1.165) is 6.42 Å². The molecule has 0 aromatic heterocycles. The quantitative estimate of drug-likeness (QED) is 0.542. The summed E-state index contributed by atoms with van der Waals surface area (Å²) in [5.74, 6) is 0. The molecule has 0 heteroatoms. The van der Waals surface area contributed by atoms with E-state index < -0.39 is 0 Å². The molecular formula is C9H19. The first-order valence-corrected chi connectivity index (χ1v) is 3.97. The van der Waals surface area contributed by atoms with E-state index in [2.05, 4.69) is 27.7 Å². The lowest BCUT2D eigenvalue weighted by Crippen LogP contribution is -2.12. The zero-order valence-corrected chi connectivity index (χ0v) is 7.04. The van der Waals surface area contributed by atoms with Gasteiger partial charge >= 0.3 is 0 Å². The fraction of sp³-hybridized carbons (Fsp3) is 0.889. The largest absolute Gasteiger partial charge is 0.0649 e. The van der Waals surface area contributed by atoms with Gasteiger partial charge in [-0.05, 0) is 11.8 Å². The predicted molar refractivity (Wildman–Crippen MR) is 43.3 cm³/mol. The second-order valence-corrected chi connectivity index (χ2v) is 3.12. The zero-order valence-electron chi connectivity index (χ0n) is 7.04. The van der Waals surface area contributed by atoms with Crippen molar-refractivity contribution in [1.82, 2.24) is 0 Å². The molecule has 0 heterocycles. The van der Waals surface area contributed by atoms with Crippen molar-refractivity contribution in [2.75, 3.05) is 0 Å². The highest BCUT2D eigenvalue weighted by Gasteiger charge is 2.16. The van der Waals surface area contributed by atoms with Crippen molar-refractivity contribution < 1.29 is 0 Å². The lowest BCUT2D eigenvalue weighted by atomic mass is 9.81. The molecule has 0 aliphatic rings. The first-order chi connectivity index (χ1) is 4.18. The Bertz CT molecular complexity index is 60.4. The van der Waals surface area contributed by atoms with E-state index >= 15 is 0 Å². The van der Waals surface area contributed by atoms with Crippen molar-refractivity contribution in [3.05, 3.63) is 6.92 Å². The molecule has 0 amide bonds. The topological polar surface area (TPSA) is 0 Å². The van der Waals surface area contributed by atoms with E-state index in [0.29, 0.717) is 5.41 Å². The summed E-state index contributed by atoms with van der Waals surface area (Å²) >= 11 is 0. The Morgan fingerprint density at radius 1 is 1.22 bits per heavy atom. The van der Waals surface area contributed by atoms with E-state index in [1.54, 1.807) is 0 Å². The molecule has 0 bridgehead atoms. The molecule has 0 aliphatic heterocycles. The Balaban J connectivity index is 3.62. The van der Waals surface area contributed by atoms with Crippen LogP contribution in [0.4, 0.5) is 0 Å². The summed E-state index contributed by atoms with van der Waals surface area (Å²) in [4.78, 5) is 0. The summed E-state index contributed by atoms with van der Waals surface area (Å²) in [5.41, 5.74) is 0.571. The van der Waals surface area contributed by atoms with Crippen LogP contribution in [0, 0.1) is 12.3 Å². The van der Waals surface area contributed by atoms with Gasteiger partial charge in [0.15, 0.2) is 0 Å². The Kier molecular flexibility index (Phi) is 3.92. The molecule has 0 saturated heterocycles. The zero-order chi connectivity index (χ0) is 7.33. The monoisotopic (exact) mass is 127 g/mol. The van der Waals surface area contributed by atoms with Crippen LogP contribution >= 0.6 is 0 Å². The average Bonchev–Trinajstić information content (AvgIpc) is 1.89. The molecule has 9 heavy (non-hydrogen) atoms. The number of hydrogen-bond acceptors (Lipinski definition) is 0. The highest BCUT2D eigenvalue weighted by Crippen LogP contribution is 2.30. The molecule has 55 valence electrons. The first kappa shape index (κ1) is 9.00. The van der Waals surface area contributed by atoms with Gasteiger partial charge in [0, 0.05) is 0 Å². The average molecular weight is 127 g/mol. The van der Waals surface area contributed by atoms with Crippen LogP contribution in [-0.2, 0) is 0 Å². The third kappa shape index (κ3) is 2.88. The van der Waals surface area contributed by atoms with Crippen molar-refractivity contribution in [1.29, 1.82) is 0 Å². The lowest BCUT2D eigenvalue weighted by Gasteiger charge is -2.25. The summed E-state index contributed by atoms with van der Waals surface area (Å²) in [5, 5.41) is 0.